The molecular formula is C22H27N. The van der Waals surface area contributed by atoms with Gasteiger partial charge in [0.25, 0.3) is 0 Å². The van der Waals surface area contributed by atoms with Crippen LogP contribution in [0, 0.1) is 13.8 Å². The van der Waals surface area contributed by atoms with Crippen molar-refractivity contribution in [2.45, 2.75) is 33.6 Å². The maximum absolute atomic E-state index is 4.37. The second-order valence-electron chi connectivity index (χ2n) is 6.48. The molecule has 0 aromatic heterocycles. The van der Waals surface area contributed by atoms with E-state index in [0.717, 1.165) is 5.57 Å². The third kappa shape index (κ3) is 4.13. The van der Waals surface area contributed by atoms with Crippen molar-refractivity contribution in [1.29, 1.82) is 0 Å². The van der Waals surface area contributed by atoms with Crippen LogP contribution in [-0.4, -0.2) is 7.05 Å². The Hall–Kier alpha value is -2.28. The Morgan fingerprint density at radius 1 is 1.04 bits per heavy atom. The molecule has 0 aliphatic heterocycles. The zero-order chi connectivity index (χ0) is 17.0. The minimum absolute atomic E-state index is 0.514. The average molecular weight is 305 g/mol. The van der Waals surface area contributed by atoms with E-state index in [-0.39, 0.29) is 0 Å². The molecule has 23 heavy (non-hydrogen) atoms. The Bertz CT molecular complexity index is 715. The number of aryl methyl sites for hydroxylation is 2. The minimum atomic E-state index is 0.514. The van der Waals surface area contributed by atoms with Gasteiger partial charge in [0.1, 0.15) is 0 Å². The van der Waals surface area contributed by atoms with Crippen LogP contribution in [0.1, 0.15) is 53.1 Å². The van der Waals surface area contributed by atoms with Crippen LogP contribution < -0.4 is 5.32 Å². The molecule has 2 aromatic carbocycles. The van der Waals surface area contributed by atoms with Crippen molar-refractivity contribution < 1.29 is 0 Å². The highest BCUT2D eigenvalue weighted by molar-refractivity contribution is 5.83. The highest BCUT2D eigenvalue weighted by atomic mass is 14.8. The van der Waals surface area contributed by atoms with E-state index in [1.807, 2.05) is 13.2 Å². The number of benzene rings is 2. The number of rotatable bonds is 5. The Kier molecular flexibility index (Phi) is 5.44. The summed E-state index contributed by atoms with van der Waals surface area (Å²) in [5.41, 5.74) is 8.54. The summed E-state index contributed by atoms with van der Waals surface area (Å²) in [6.07, 6.45) is 4.09. The number of hydrogen-bond acceptors (Lipinski definition) is 1. The quantitative estimate of drug-likeness (QED) is 0.749. The molecular weight excluding hydrogens is 278 g/mol. The Labute approximate surface area is 140 Å². The van der Waals surface area contributed by atoms with Gasteiger partial charge in [0.05, 0.1) is 0 Å². The van der Waals surface area contributed by atoms with Crippen molar-refractivity contribution in [3.05, 3.63) is 82.6 Å². The summed E-state index contributed by atoms with van der Waals surface area (Å²) in [5.74, 6) is 0.514. The van der Waals surface area contributed by atoms with Crippen LogP contribution in [0.4, 0.5) is 0 Å². The van der Waals surface area contributed by atoms with E-state index in [2.05, 4.69) is 82.1 Å². The summed E-state index contributed by atoms with van der Waals surface area (Å²) in [6.45, 7) is 13.1. The summed E-state index contributed by atoms with van der Waals surface area (Å²) in [6, 6.07) is 13.3. The Balaban J connectivity index is 2.52. The van der Waals surface area contributed by atoms with Crippen molar-refractivity contribution in [2.24, 2.45) is 0 Å². The molecule has 2 rings (SSSR count). The summed E-state index contributed by atoms with van der Waals surface area (Å²) in [5, 5.41) is 3.08. The zero-order valence-electron chi connectivity index (χ0n) is 14.9. The van der Waals surface area contributed by atoms with Crippen LogP contribution in [0.25, 0.3) is 11.6 Å². The van der Waals surface area contributed by atoms with Gasteiger partial charge in [0, 0.05) is 7.05 Å². The third-order valence-corrected chi connectivity index (χ3v) is 4.07. The normalized spacial score (nSPS) is 11.2. The molecule has 2 aromatic rings. The second-order valence-corrected chi connectivity index (χ2v) is 6.48. The zero-order valence-corrected chi connectivity index (χ0v) is 14.9. The third-order valence-electron chi connectivity index (χ3n) is 4.07. The number of hydrogen-bond donors (Lipinski definition) is 1. The highest BCUT2D eigenvalue weighted by Crippen LogP contribution is 2.29. The average Bonchev–Trinajstić information content (AvgIpc) is 2.50. The maximum Gasteiger partial charge on any atom is 0.00277 e. The lowest BCUT2D eigenvalue weighted by Gasteiger charge is -2.15. The van der Waals surface area contributed by atoms with Gasteiger partial charge >= 0.3 is 0 Å². The molecule has 0 aliphatic carbocycles. The molecule has 0 unspecified atom stereocenters. The lowest BCUT2D eigenvalue weighted by atomic mass is 9.90. The monoisotopic (exact) mass is 305 g/mol. The molecule has 0 saturated carbocycles. The van der Waals surface area contributed by atoms with Gasteiger partial charge in [-0.1, -0.05) is 68.0 Å². The second kappa shape index (κ2) is 7.32. The molecule has 0 saturated heterocycles. The fourth-order valence-electron chi connectivity index (χ4n) is 2.83. The smallest absolute Gasteiger partial charge is 0.00277 e. The molecule has 1 N–H and O–H groups in total. The van der Waals surface area contributed by atoms with E-state index in [0.29, 0.717) is 5.92 Å². The van der Waals surface area contributed by atoms with Crippen LogP contribution >= 0.6 is 0 Å². The summed E-state index contributed by atoms with van der Waals surface area (Å²) in [4.78, 5) is 0. The van der Waals surface area contributed by atoms with E-state index >= 15 is 0 Å². The lowest BCUT2D eigenvalue weighted by molar-refractivity contribution is 0.866. The van der Waals surface area contributed by atoms with Gasteiger partial charge in [0.15, 0.2) is 0 Å². The summed E-state index contributed by atoms with van der Waals surface area (Å²) < 4.78 is 0. The Morgan fingerprint density at radius 3 is 2.26 bits per heavy atom. The molecule has 0 amide bonds. The Morgan fingerprint density at radius 2 is 1.70 bits per heavy atom. The van der Waals surface area contributed by atoms with Gasteiger partial charge in [-0.2, -0.15) is 0 Å². The van der Waals surface area contributed by atoms with Crippen molar-refractivity contribution in [3.63, 3.8) is 0 Å². The molecule has 0 bridgehead atoms. The summed E-state index contributed by atoms with van der Waals surface area (Å²) in [7, 11) is 1.92. The largest absolute Gasteiger partial charge is 0.394 e. The van der Waals surface area contributed by atoms with Crippen molar-refractivity contribution in [1.82, 2.24) is 5.32 Å². The van der Waals surface area contributed by atoms with Gasteiger partial charge in [-0.25, -0.2) is 0 Å². The molecule has 0 aliphatic rings. The van der Waals surface area contributed by atoms with Gasteiger partial charge in [0.2, 0.25) is 0 Å². The minimum Gasteiger partial charge on any atom is -0.394 e. The fourth-order valence-corrected chi connectivity index (χ4v) is 2.83. The molecule has 0 fully saturated rings. The fraction of sp³-hybridized carbons (Fsp3) is 0.273. The van der Waals surface area contributed by atoms with Gasteiger partial charge < -0.3 is 5.32 Å². The van der Waals surface area contributed by atoms with Gasteiger partial charge in [-0.3, -0.25) is 0 Å². The number of nitrogens with one attached hydrogen (secondary N) is 1. The van der Waals surface area contributed by atoms with E-state index in [4.69, 9.17) is 0 Å². The van der Waals surface area contributed by atoms with Gasteiger partial charge in [-0.05, 0) is 59.9 Å². The maximum atomic E-state index is 4.37. The van der Waals surface area contributed by atoms with Crippen molar-refractivity contribution in [3.8, 4) is 0 Å². The van der Waals surface area contributed by atoms with E-state index < -0.39 is 0 Å². The molecule has 1 nitrogen and oxygen atoms in total. The topological polar surface area (TPSA) is 12.0 Å². The van der Waals surface area contributed by atoms with Crippen LogP contribution in [-0.2, 0) is 0 Å². The molecule has 1 heteroatoms. The molecule has 120 valence electrons. The van der Waals surface area contributed by atoms with Crippen molar-refractivity contribution in [2.75, 3.05) is 7.05 Å². The lowest BCUT2D eigenvalue weighted by Crippen LogP contribution is -1.97. The first-order valence-electron chi connectivity index (χ1n) is 8.18. The first-order chi connectivity index (χ1) is 10.9. The highest BCUT2D eigenvalue weighted by Gasteiger charge is 2.10. The predicted molar refractivity (Wildman–Crippen MR) is 103 cm³/mol. The first kappa shape index (κ1) is 17.1. The van der Waals surface area contributed by atoms with E-state index in [1.165, 1.54) is 33.4 Å². The van der Waals surface area contributed by atoms with Gasteiger partial charge in [-0.15, -0.1) is 0 Å². The van der Waals surface area contributed by atoms with Crippen molar-refractivity contribution >= 4 is 11.6 Å². The van der Waals surface area contributed by atoms with Crippen LogP contribution in [0.3, 0.4) is 0 Å². The van der Waals surface area contributed by atoms with E-state index in [1.54, 1.807) is 0 Å². The van der Waals surface area contributed by atoms with E-state index in [9.17, 15) is 0 Å². The molecule has 0 heterocycles. The van der Waals surface area contributed by atoms with Crippen LogP contribution in [0.2, 0.25) is 0 Å². The first-order valence-corrected chi connectivity index (χ1v) is 8.18. The predicted octanol–water partition coefficient (Wildman–Crippen LogP) is 5.68. The van der Waals surface area contributed by atoms with Crippen LogP contribution in [0.15, 0.2) is 49.2 Å². The standard InChI is InChI=1S/C22H27N/c1-15(2)19-7-8-22(20(14-19)9-10-23-6)18(5)21-12-16(3)11-17(4)13-21/h7-15,23H,5H2,1-4,6H3/b10-9-. The summed E-state index contributed by atoms with van der Waals surface area (Å²) >= 11 is 0. The van der Waals surface area contributed by atoms with Crippen LogP contribution in [0.5, 0.6) is 0 Å². The molecule has 0 spiro atoms. The molecule has 0 atom stereocenters. The SMILES string of the molecule is C=C(c1cc(C)cc(C)c1)c1ccc(C(C)C)cc1/C=C\NC. The molecule has 0 radical (unpaired) electrons.